The summed E-state index contributed by atoms with van der Waals surface area (Å²) in [5.41, 5.74) is 3.02. The monoisotopic (exact) mass is 246 g/mol. The van der Waals surface area contributed by atoms with Gasteiger partial charge in [0.25, 0.3) is 0 Å². The van der Waals surface area contributed by atoms with Gasteiger partial charge < -0.3 is 14.8 Å². The molecule has 0 saturated carbocycles. The third-order valence-electron chi connectivity index (χ3n) is 3.00. The molecule has 2 aromatic rings. The van der Waals surface area contributed by atoms with Crippen molar-refractivity contribution in [3.8, 4) is 11.5 Å². The van der Waals surface area contributed by atoms with E-state index in [0.717, 1.165) is 28.7 Å². The lowest BCUT2D eigenvalue weighted by atomic mass is 10.1. The lowest BCUT2D eigenvalue weighted by Gasteiger charge is -2.12. The Morgan fingerprint density at radius 1 is 1.11 bits per heavy atom. The Balaban J connectivity index is 2.74. The van der Waals surface area contributed by atoms with Crippen LogP contribution in [0.5, 0.6) is 11.5 Å². The molecule has 0 unspecified atom stereocenters. The van der Waals surface area contributed by atoms with Gasteiger partial charge in [-0.15, -0.1) is 0 Å². The zero-order valence-electron chi connectivity index (χ0n) is 11.2. The molecule has 0 aliphatic carbocycles. The van der Waals surface area contributed by atoms with Gasteiger partial charge in [0.2, 0.25) is 0 Å². The van der Waals surface area contributed by atoms with Crippen LogP contribution >= 0.6 is 0 Å². The van der Waals surface area contributed by atoms with Gasteiger partial charge >= 0.3 is 0 Å². The fourth-order valence-corrected chi connectivity index (χ4v) is 2.00. The third kappa shape index (κ3) is 2.06. The number of nitrogens with one attached hydrogen (secondary N) is 1. The number of aromatic nitrogens is 1. The second kappa shape index (κ2) is 5.12. The Morgan fingerprint density at radius 2 is 1.78 bits per heavy atom. The standard InChI is InChI=1S/C14H18N2O2/c1-5-9-6-11(15-2)10-7-13(17-3)14(18-4)8-12(10)16-9/h6-8H,5H2,1-4H3,(H,15,16). The summed E-state index contributed by atoms with van der Waals surface area (Å²) >= 11 is 0. The van der Waals surface area contributed by atoms with E-state index in [0.29, 0.717) is 11.5 Å². The van der Waals surface area contributed by atoms with E-state index < -0.39 is 0 Å². The average molecular weight is 246 g/mol. The smallest absolute Gasteiger partial charge is 0.162 e. The molecular weight excluding hydrogens is 228 g/mol. The second-order valence-corrected chi connectivity index (χ2v) is 3.99. The zero-order valence-corrected chi connectivity index (χ0v) is 11.2. The SMILES string of the molecule is CCc1cc(NC)c2cc(OC)c(OC)cc2n1. The van der Waals surface area contributed by atoms with Crippen LogP contribution in [0.25, 0.3) is 10.9 Å². The molecule has 1 N–H and O–H groups in total. The molecule has 1 heterocycles. The molecule has 1 aromatic heterocycles. The van der Waals surface area contributed by atoms with Gasteiger partial charge in [0.1, 0.15) is 0 Å². The highest BCUT2D eigenvalue weighted by molar-refractivity contribution is 5.93. The van der Waals surface area contributed by atoms with Crippen LogP contribution in [-0.4, -0.2) is 26.3 Å². The number of anilines is 1. The van der Waals surface area contributed by atoms with E-state index in [1.165, 1.54) is 0 Å². The van der Waals surface area contributed by atoms with Gasteiger partial charge in [-0.25, -0.2) is 0 Å². The molecule has 0 bridgehead atoms. The Hall–Kier alpha value is -1.97. The lowest BCUT2D eigenvalue weighted by Crippen LogP contribution is -1.97. The number of rotatable bonds is 4. The Morgan fingerprint density at radius 3 is 2.33 bits per heavy atom. The van der Waals surface area contributed by atoms with Crippen LogP contribution in [0.2, 0.25) is 0 Å². The molecule has 0 amide bonds. The molecule has 0 atom stereocenters. The molecule has 0 aliphatic rings. The number of hydrogen-bond acceptors (Lipinski definition) is 4. The van der Waals surface area contributed by atoms with E-state index >= 15 is 0 Å². The predicted octanol–water partition coefficient (Wildman–Crippen LogP) is 2.86. The highest BCUT2D eigenvalue weighted by Gasteiger charge is 2.10. The summed E-state index contributed by atoms with van der Waals surface area (Å²) in [5, 5.41) is 4.23. The molecule has 0 fully saturated rings. The van der Waals surface area contributed by atoms with Crippen LogP contribution in [0.1, 0.15) is 12.6 Å². The molecule has 1 aromatic carbocycles. The largest absolute Gasteiger partial charge is 0.493 e. The summed E-state index contributed by atoms with van der Waals surface area (Å²) in [4.78, 5) is 4.61. The first-order chi connectivity index (χ1) is 8.73. The summed E-state index contributed by atoms with van der Waals surface area (Å²) in [6, 6.07) is 5.93. The number of nitrogens with zero attached hydrogens (tertiary/aromatic N) is 1. The Bertz CT molecular complexity index is 567. The van der Waals surface area contributed by atoms with Crippen molar-refractivity contribution in [2.75, 3.05) is 26.6 Å². The summed E-state index contributed by atoms with van der Waals surface area (Å²) in [6.45, 7) is 2.09. The van der Waals surface area contributed by atoms with Crippen molar-refractivity contribution in [3.63, 3.8) is 0 Å². The summed E-state index contributed by atoms with van der Waals surface area (Å²) < 4.78 is 10.6. The Labute approximate surface area is 107 Å². The van der Waals surface area contributed by atoms with Crippen molar-refractivity contribution in [2.45, 2.75) is 13.3 Å². The predicted molar refractivity (Wildman–Crippen MR) is 73.8 cm³/mol. The number of pyridine rings is 1. The minimum Gasteiger partial charge on any atom is -0.493 e. The van der Waals surface area contributed by atoms with E-state index in [1.54, 1.807) is 14.2 Å². The van der Waals surface area contributed by atoms with E-state index in [4.69, 9.17) is 9.47 Å². The summed E-state index contributed by atoms with van der Waals surface area (Å²) in [5.74, 6) is 1.42. The summed E-state index contributed by atoms with van der Waals surface area (Å²) in [6.07, 6.45) is 0.902. The maximum absolute atomic E-state index is 5.32. The van der Waals surface area contributed by atoms with Crippen molar-refractivity contribution in [1.29, 1.82) is 0 Å². The van der Waals surface area contributed by atoms with Crippen molar-refractivity contribution in [2.24, 2.45) is 0 Å². The van der Waals surface area contributed by atoms with Crippen LogP contribution in [0, 0.1) is 0 Å². The van der Waals surface area contributed by atoms with E-state index in [2.05, 4.69) is 23.3 Å². The fourth-order valence-electron chi connectivity index (χ4n) is 2.00. The zero-order chi connectivity index (χ0) is 13.1. The van der Waals surface area contributed by atoms with Crippen molar-refractivity contribution < 1.29 is 9.47 Å². The minimum atomic E-state index is 0.702. The molecule has 0 aliphatic heterocycles. The van der Waals surface area contributed by atoms with Gasteiger partial charge in [0.05, 0.1) is 19.7 Å². The Kier molecular flexibility index (Phi) is 3.55. The molecule has 0 radical (unpaired) electrons. The topological polar surface area (TPSA) is 43.4 Å². The van der Waals surface area contributed by atoms with Crippen LogP contribution in [-0.2, 0) is 6.42 Å². The van der Waals surface area contributed by atoms with Crippen molar-refractivity contribution in [3.05, 3.63) is 23.9 Å². The number of ether oxygens (including phenoxy) is 2. The van der Waals surface area contributed by atoms with Gasteiger partial charge in [-0.05, 0) is 18.6 Å². The molecule has 96 valence electrons. The van der Waals surface area contributed by atoms with Crippen LogP contribution in [0.15, 0.2) is 18.2 Å². The molecule has 0 saturated heterocycles. The molecule has 18 heavy (non-hydrogen) atoms. The van der Waals surface area contributed by atoms with Crippen LogP contribution in [0.3, 0.4) is 0 Å². The minimum absolute atomic E-state index is 0.702. The van der Waals surface area contributed by atoms with Crippen LogP contribution in [0.4, 0.5) is 5.69 Å². The van der Waals surface area contributed by atoms with Gasteiger partial charge in [0, 0.05) is 29.9 Å². The first-order valence-electron chi connectivity index (χ1n) is 5.96. The molecule has 0 spiro atoms. The van der Waals surface area contributed by atoms with Gasteiger partial charge in [-0.1, -0.05) is 6.92 Å². The van der Waals surface area contributed by atoms with Gasteiger partial charge in [-0.2, -0.15) is 0 Å². The quantitative estimate of drug-likeness (QED) is 0.900. The van der Waals surface area contributed by atoms with Crippen LogP contribution < -0.4 is 14.8 Å². The van der Waals surface area contributed by atoms with E-state index in [9.17, 15) is 0 Å². The number of methoxy groups -OCH3 is 2. The highest BCUT2D eigenvalue weighted by atomic mass is 16.5. The molecule has 4 heteroatoms. The average Bonchev–Trinajstić information content (AvgIpc) is 2.44. The normalized spacial score (nSPS) is 10.4. The lowest BCUT2D eigenvalue weighted by molar-refractivity contribution is 0.356. The number of hydrogen-bond donors (Lipinski definition) is 1. The highest BCUT2D eigenvalue weighted by Crippen LogP contribution is 2.34. The van der Waals surface area contributed by atoms with Gasteiger partial charge in [-0.3, -0.25) is 4.98 Å². The van der Waals surface area contributed by atoms with Crippen molar-refractivity contribution >= 4 is 16.6 Å². The van der Waals surface area contributed by atoms with Crippen molar-refractivity contribution in [1.82, 2.24) is 4.98 Å². The molecule has 2 rings (SSSR count). The number of aryl methyl sites for hydroxylation is 1. The summed E-state index contributed by atoms with van der Waals surface area (Å²) in [7, 11) is 5.17. The maximum atomic E-state index is 5.32. The number of benzene rings is 1. The molecular formula is C14H18N2O2. The third-order valence-corrected chi connectivity index (χ3v) is 3.00. The maximum Gasteiger partial charge on any atom is 0.162 e. The van der Waals surface area contributed by atoms with E-state index in [-0.39, 0.29) is 0 Å². The first-order valence-corrected chi connectivity index (χ1v) is 5.96. The van der Waals surface area contributed by atoms with E-state index in [1.807, 2.05) is 19.2 Å². The van der Waals surface area contributed by atoms with Gasteiger partial charge in [0.15, 0.2) is 11.5 Å². The fraction of sp³-hybridized carbons (Fsp3) is 0.357. The first kappa shape index (κ1) is 12.5. The molecule has 4 nitrogen and oxygen atoms in total. The second-order valence-electron chi connectivity index (χ2n) is 3.99. The number of fused-ring (bicyclic) bond motifs is 1.